The molecule has 5 heteroatoms. The van der Waals surface area contributed by atoms with Crippen molar-refractivity contribution in [3.8, 4) is 6.07 Å². The zero-order valence-electron chi connectivity index (χ0n) is 12.6. The van der Waals surface area contributed by atoms with Crippen molar-refractivity contribution in [1.82, 2.24) is 5.32 Å². The predicted octanol–water partition coefficient (Wildman–Crippen LogP) is 3.29. The number of nitriles is 1. The van der Waals surface area contributed by atoms with Gasteiger partial charge in [-0.15, -0.1) is 0 Å². The number of amides is 1. The molecule has 118 valence electrons. The second kappa shape index (κ2) is 8.96. The molecular formula is C18H17FN2OS. The van der Waals surface area contributed by atoms with Crippen molar-refractivity contribution in [3.05, 3.63) is 71.0 Å². The van der Waals surface area contributed by atoms with Crippen LogP contribution < -0.4 is 5.32 Å². The number of rotatable bonds is 7. The van der Waals surface area contributed by atoms with E-state index in [-0.39, 0.29) is 18.1 Å². The quantitative estimate of drug-likeness (QED) is 0.794. The van der Waals surface area contributed by atoms with Crippen LogP contribution in [0.3, 0.4) is 0 Å². The molecule has 2 aromatic carbocycles. The van der Waals surface area contributed by atoms with Gasteiger partial charge in [0.25, 0.3) is 0 Å². The SMILES string of the molecule is N#Cc1ccccc1CSCCNC(=O)Cc1ccccc1F. The lowest BCUT2D eigenvalue weighted by molar-refractivity contribution is -0.120. The second-order valence-electron chi connectivity index (χ2n) is 4.94. The molecule has 2 rings (SSSR count). The van der Waals surface area contributed by atoms with Gasteiger partial charge in [0.05, 0.1) is 18.1 Å². The van der Waals surface area contributed by atoms with Crippen LogP contribution in [0.5, 0.6) is 0 Å². The number of nitrogens with zero attached hydrogens (tertiary/aromatic N) is 1. The van der Waals surface area contributed by atoms with Crippen LogP contribution in [0.4, 0.5) is 4.39 Å². The van der Waals surface area contributed by atoms with Crippen molar-refractivity contribution in [2.45, 2.75) is 12.2 Å². The van der Waals surface area contributed by atoms with Gasteiger partial charge in [-0.2, -0.15) is 17.0 Å². The lowest BCUT2D eigenvalue weighted by Gasteiger charge is -2.07. The Balaban J connectivity index is 1.69. The molecule has 1 N–H and O–H groups in total. The van der Waals surface area contributed by atoms with E-state index in [1.54, 1.807) is 36.0 Å². The zero-order chi connectivity index (χ0) is 16.5. The first-order chi connectivity index (χ1) is 11.2. The molecule has 0 aliphatic carbocycles. The van der Waals surface area contributed by atoms with Crippen LogP contribution in [0, 0.1) is 17.1 Å². The first-order valence-corrected chi connectivity index (χ1v) is 8.42. The summed E-state index contributed by atoms with van der Waals surface area (Å²) in [7, 11) is 0. The van der Waals surface area contributed by atoms with E-state index in [4.69, 9.17) is 5.26 Å². The van der Waals surface area contributed by atoms with E-state index in [0.29, 0.717) is 17.7 Å². The number of halogens is 1. The van der Waals surface area contributed by atoms with Gasteiger partial charge in [0.1, 0.15) is 5.82 Å². The zero-order valence-corrected chi connectivity index (χ0v) is 13.4. The lowest BCUT2D eigenvalue weighted by atomic mass is 10.1. The molecule has 2 aromatic rings. The third-order valence-electron chi connectivity index (χ3n) is 3.27. The van der Waals surface area contributed by atoms with Crippen molar-refractivity contribution in [1.29, 1.82) is 5.26 Å². The summed E-state index contributed by atoms with van der Waals surface area (Å²) in [4.78, 5) is 11.8. The van der Waals surface area contributed by atoms with Crippen molar-refractivity contribution >= 4 is 17.7 Å². The average molecular weight is 328 g/mol. The first-order valence-electron chi connectivity index (χ1n) is 7.26. The van der Waals surface area contributed by atoms with E-state index < -0.39 is 0 Å². The number of thioether (sulfide) groups is 1. The molecule has 0 heterocycles. The topological polar surface area (TPSA) is 52.9 Å². The van der Waals surface area contributed by atoms with E-state index in [2.05, 4.69) is 11.4 Å². The maximum atomic E-state index is 13.4. The van der Waals surface area contributed by atoms with Crippen LogP contribution in [0.1, 0.15) is 16.7 Å². The maximum Gasteiger partial charge on any atom is 0.224 e. The highest BCUT2D eigenvalue weighted by atomic mass is 32.2. The minimum absolute atomic E-state index is 0.0502. The molecule has 0 aromatic heterocycles. The van der Waals surface area contributed by atoms with Crippen molar-refractivity contribution in [3.63, 3.8) is 0 Å². The van der Waals surface area contributed by atoms with Gasteiger partial charge in [-0.1, -0.05) is 36.4 Å². The molecular weight excluding hydrogens is 311 g/mol. The number of hydrogen-bond donors (Lipinski definition) is 1. The molecule has 0 radical (unpaired) electrons. The summed E-state index contributed by atoms with van der Waals surface area (Å²) in [6, 6.07) is 15.9. The minimum Gasteiger partial charge on any atom is -0.355 e. The van der Waals surface area contributed by atoms with Gasteiger partial charge in [0.15, 0.2) is 0 Å². The summed E-state index contributed by atoms with van der Waals surface area (Å²) in [5, 5.41) is 11.8. The molecule has 0 saturated heterocycles. The molecule has 1 amide bonds. The Morgan fingerprint density at radius 2 is 1.83 bits per heavy atom. The second-order valence-corrected chi connectivity index (χ2v) is 6.04. The van der Waals surface area contributed by atoms with Crippen LogP contribution >= 0.6 is 11.8 Å². The molecule has 3 nitrogen and oxygen atoms in total. The van der Waals surface area contributed by atoms with Gasteiger partial charge < -0.3 is 5.32 Å². The Hall–Kier alpha value is -2.32. The van der Waals surface area contributed by atoms with Gasteiger partial charge in [0.2, 0.25) is 5.91 Å². The molecule has 23 heavy (non-hydrogen) atoms. The summed E-state index contributed by atoms with van der Waals surface area (Å²) in [5.41, 5.74) is 2.09. The molecule has 0 atom stereocenters. The summed E-state index contributed by atoms with van der Waals surface area (Å²) >= 11 is 1.65. The van der Waals surface area contributed by atoms with E-state index in [1.165, 1.54) is 6.07 Å². The summed E-state index contributed by atoms with van der Waals surface area (Å²) in [5.74, 6) is 0.925. The van der Waals surface area contributed by atoms with E-state index in [1.807, 2.05) is 18.2 Å². The van der Waals surface area contributed by atoms with Crippen molar-refractivity contribution in [2.24, 2.45) is 0 Å². The van der Waals surface area contributed by atoms with Crippen LogP contribution in [-0.2, 0) is 17.0 Å². The first kappa shape index (κ1) is 17.0. The number of hydrogen-bond acceptors (Lipinski definition) is 3. The fourth-order valence-corrected chi connectivity index (χ4v) is 2.94. The molecule has 0 aliphatic rings. The highest BCUT2D eigenvalue weighted by Gasteiger charge is 2.07. The Morgan fingerprint density at radius 1 is 1.13 bits per heavy atom. The smallest absolute Gasteiger partial charge is 0.224 e. The van der Waals surface area contributed by atoms with Crippen LogP contribution in [0.25, 0.3) is 0 Å². The average Bonchev–Trinajstić information content (AvgIpc) is 2.57. The monoisotopic (exact) mass is 328 g/mol. The summed E-state index contributed by atoms with van der Waals surface area (Å²) in [6.45, 7) is 0.521. The highest BCUT2D eigenvalue weighted by molar-refractivity contribution is 7.98. The van der Waals surface area contributed by atoms with E-state index >= 15 is 0 Å². The van der Waals surface area contributed by atoms with E-state index in [0.717, 1.165) is 17.1 Å². The van der Waals surface area contributed by atoms with Crippen LogP contribution in [0.2, 0.25) is 0 Å². The number of nitrogens with one attached hydrogen (secondary N) is 1. The Morgan fingerprint density at radius 3 is 2.57 bits per heavy atom. The van der Waals surface area contributed by atoms with Gasteiger partial charge in [-0.05, 0) is 23.3 Å². The molecule has 0 spiro atoms. The standard InChI is InChI=1S/C18H17FN2OS/c19-17-8-4-3-5-14(17)11-18(22)21-9-10-23-13-16-7-2-1-6-15(16)12-20/h1-8H,9-11,13H2,(H,21,22). The third-order valence-corrected chi connectivity index (χ3v) is 4.28. The van der Waals surface area contributed by atoms with Gasteiger partial charge in [-0.3, -0.25) is 4.79 Å². The van der Waals surface area contributed by atoms with Crippen molar-refractivity contribution < 1.29 is 9.18 Å². The normalized spacial score (nSPS) is 10.1. The Kier molecular flexibility index (Phi) is 6.64. The molecule has 0 aliphatic heterocycles. The van der Waals surface area contributed by atoms with Gasteiger partial charge >= 0.3 is 0 Å². The maximum absolute atomic E-state index is 13.4. The molecule has 0 saturated carbocycles. The molecule has 0 unspecified atom stereocenters. The van der Waals surface area contributed by atoms with Crippen LogP contribution in [-0.4, -0.2) is 18.2 Å². The summed E-state index contributed by atoms with van der Waals surface area (Å²) in [6.07, 6.45) is 0.0502. The lowest BCUT2D eigenvalue weighted by Crippen LogP contribution is -2.27. The number of carbonyl (C=O) groups excluding carboxylic acids is 1. The van der Waals surface area contributed by atoms with Crippen molar-refractivity contribution in [2.75, 3.05) is 12.3 Å². The van der Waals surface area contributed by atoms with E-state index in [9.17, 15) is 9.18 Å². The Labute approximate surface area is 139 Å². The Bertz CT molecular complexity index is 712. The minimum atomic E-state index is -0.356. The third kappa shape index (κ3) is 5.42. The fraction of sp³-hybridized carbons (Fsp3) is 0.222. The summed E-state index contributed by atoms with van der Waals surface area (Å²) < 4.78 is 13.4. The van der Waals surface area contributed by atoms with Crippen LogP contribution in [0.15, 0.2) is 48.5 Å². The molecule has 0 bridgehead atoms. The largest absolute Gasteiger partial charge is 0.355 e. The van der Waals surface area contributed by atoms with Gasteiger partial charge in [-0.25, -0.2) is 4.39 Å². The highest BCUT2D eigenvalue weighted by Crippen LogP contribution is 2.15. The molecule has 0 fully saturated rings. The van der Waals surface area contributed by atoms with Gasteiger partial charge in [0, 0.05) is 18.1 Å². The predicted molar refractivity (Wildman–Crippen MR) is 90.4 cm³/mol. The fourth-order valence-electron chi connectivity index (χ4n) is 2.08. The number of carbonyl (C=O) groups is 1. The number of benzene rings is 2.